The highest BCUT2D eigenvalue weighted by atomic mass is 32.2. The molecule has 0 bridgehead atoms. The Kier molecular flexibility index (Phi) is 4.80. The van der Waals surface area contributed by atoms with E-state index in [9.17, 15) is 0 Å². The Balaban J connectivity index is 2.05. The van der Waals surface area contributed by atoms with Crippen molar-refractivity contribution in [3.8, 4) is 0 Å². The number of nitrogens with zero attached hydrogens (tertiary/aromatic N) is 1. The van der Waals surface area contributed by atoms with Crippen molar-refractivity contribution in [3.63, 3.8) is 0 Å². The Morgan fingerprint density at radius 3 is 2.58 bits per heavy atom. The van der Waals surface area contributed by atoms with Crippen molar-refractivity contribution >= 4 is 17.4 Å². The molecular weight excluding hydrogens is 252 g/mol. The fourth-order valence-electron chi connectivity index (χ4n) is 2.45. The molecule has 0 amide bonds. The number of rotatable bonds is 3. The number of benzene rings is 1. The summed E-state index contributed by atoms with van der Waals surface area (Å²) in [4.78, 5) is 2.50. The lowest BCUT2D eigenvalue weighted by molar-refractivity contribution is 0.637. The summed E-state index contributed by atoms with van der Waals surface area (Å²) in [5.74, 6) is 1.21. The molecule has 0 aromatic heterocycles. The van der Waals surface area contributed by atoms with Crippen LogP contribution in [0.2, 0.25) is 0 Å². The first kappa shape index (κ1) is 14.7. The van der Waals surface area contributed by atoms with Crippen molar-refractivity contribution in [2.75, 3.05) is 23.7 Å². The maximum atomic E-state index is 6.07. The summed E-state index contributed by atoms with van der Waals surface area (Å²) in [5, 5.41) is 0. The van der Waals surface area contributed by atoms with Crippen LogP contribution in [0.5, 0.6) is 0 Å². The van der Waals surface area contributed by atoms with Gasteiger partial charge in [-0.1, -0.05) is 32.9 Å². The van der Waals surface area contributed by atoms with E-state index in [2.05, 4.69) is 61.7 Å². The molecule has 3 heteroatoms. The summed E-state index contributed by atoms with van der Waals surface area (Å²) in [7, 11) is 0. The fourth-order valence-corrected chi connectivity index (χ4v) is 3.55. The average Bonchev–Trinajstić information content (AvgIpc) is 2.59. The molecule has 1 saturated heterocycles. The lowest BCUT2D eigenvalue weighted by Crippen LogP contribution is -2.26. The second-order valence-electron chi connectivity index (χ2n) is 5.95. The third kappa shape index (κ3) is 3.90. The first-order valence-electron chi connectivity index (χ1n) is 7.26. The smallest absolute Gasteiger partial charge is 0.0366 e. The van der Waals surface area contributed by atoms with Crippen molar-refractivity contribution in [3.05, 3.63) is 29.8 Å². The highest BCUT2D eigenvalue weighted by molar-refractivity contribution is 8.00. The van der Waals surface area contributed by atoms with Gasteiger partial charge in [-0.25, -0.2) is 0 Å². The summed E-state index contributed by atoms with van der Waals surface area (Å²) in [6.45, 7) is 9.13. The summed E-state index contributed by atoms with van der Waals surface area (Å²) < 4.78 is 0.416. The summed E-state index contributed by atoms with van der Waals surface area (Å²) >= 11 is 2.09. The van der Waals surface area contributed by atoms with Gasteiger partial charge in [0.05, 0.1) is 0 Å². The number of thioether (sulfide) groups is 1. The van der Waals surface area contributed by atoms with E-state index in [1.165, 1.54) is 23.4 Å². The number of hydrogen-bond donors (Lipinski definition) is 1. The van der Waals surface area contributed by atoms with Gasteiger partial charge in [0.2, 0.25) is 0 Å². The van der Waals surface area contributed by atoms with Crippen LogP contribution < -0.4 is 10.6 Å². The van der Waals surface area contributed by atoms with Gasteiger partial charge in [0, 0.05) is 35.3 Å². The van der Waals surface area contributed by atoms with Crippen LogP contribution in [0.3, 0.4) is 0 Å². The van der Waals surface area contributed by atoms with Crippen LogP contribution in [0.4, 0.5) is 5.69 Å². The third-order valence-electron chi connectivity index (χ3n) is 3.96. The van der Waals surface area contributed by atoms with Gasteiger partial charge in [0.1, 0.15) is 0 Å². The zero-order valence-corrected chi connectivity index (χ0v) is 13.2. The lowest BCUT2D eigenvalue weighted by atomic mass is 10.0. The van der Waals surface area contributed by atoms with Crippen LogP contribution in [-0.4, -0.2) is 23.6 Å². The van der Waals surface area contributed by atoms with Crippen molar-refractivity contribution in [1.82, 2.24) is 0 Å². The van der Waals surface area contributed by atoms with Crippen molar-refractivity contribution in [1.29, 1.82) is 0 Å². The third-order valence-corrected chi connectivity index (χ3v) is 5.34. The van der Waals surface area contributed by atoms with Gasteiger partial charge in [0.15, 0.2) is 0 Å². The molecule has 1 unspecified atom stereocenters. The maximum Gasteiger partial charge on any atom is 0.0366 e. The Morgan fingerprint density at radius 2 is 1.95 bits per heavy atom. The molecule has 2 N–H and O–H groups in total. The van der Waals surface area contributed by atoms with Crippen molar-refractivity contribution in [2.45, 2.75) is 44.4 Å². The maximum absolute atomic E-state index is 6.07. The Morgan fingerprint density at radius 1 is 1.26 bits per heavy atom. The summed E-state index contributed by atoms with van der Waals surface area (Å²) in [5.41, 5.74) is 8.65. The molecule has 1 aliphatic rings. The normalized spacial score (nSPS) is 20.9. The molecule has 0 aliphatic carbocycles. The van der Waals surface area contributed by atoms with Crippen LogP contribution in [0.15, 0.2) is 24.3 Å². The van der Waals surface area contributed by atoms with E-state index in [4.69, 9.17) is 5.73 Å². The molecule has 0 radical (unpaired) electrons. The topological polar surface area (TPSA) is 29.3 Å². The Labute approximate surface area is 121 Å². The van der Waals surface area contributed by atoms with E-state index in [1.807, 2.05) is 0 Å². The monoisotopic (exact) mass is 278 g/mol. The predicted octanol–water partition coefficient (Wildman–Crippen LogP) is 3.82. The van der Waals surface area contributed by atoms with Gasteiger partial charge in [0.25, 0.3) is 0 Å². The molecule has 1 heterocycles. The van der Waals surface area contributed by atoms with E-state index < -0.39 is 0 Å². The minimum atomic E-state index is 0.174. The molecule has 1 atom stereocenters. The second-order valence-corrected chi connectivity index (χ2v) is 7.75. The standard InChI is InChI=1S/C16H26N2S/c1-4-15(17)13-5-7-14(8-6-13)18-10-9-16(2,3)19-12-11-18/h5-8,15H,4,9-12,17H2,1-3H3. The predicted molar refractivity (Wildman–Crippen MR) is 87.0 cm³/mol. The summed E-state index contributed by atoms with van der Waals surface area (Å²) in [6, 6.07) is 9.01. The highest BCUT2D eigenvalue weighted by Crippen LogP contribution is 2.32. The quantitative estimate of drug-likeness (QED) is 0.911. The highest BCUT2D eigenvalue weighted by Gasteiger charge is 2.23. The molecule has 106 valence electrons. The second kappa shape index (κ2) is 6.19. The molecule has 1 aliphatic heterocycles. The van der Waals surface area contributed by atoms with E-state index in [0.717, 1.165) is 19.5 Å². The molecule has 0 spiro atoms. The van der Waals surface area contributed by atoms with E-state index >= 15 is 0 Å². The molecule has 2 rings (SSSR count). The lowest BCUT2D eigenvalue weighted by Gasteiger charge is -2.24. The average molecular weight is 278 g/mol. The molecule has 1 fully saturated rings. The van der Waals surface area contributed by atoms with E-state index in [0.29, 0.717) is 4.75 Å². The summed E-state index contributed by atoms with van der Waals surface area (Å²) in [6.07, 6.45) is 2.24. The van der Waals surface area contributed by atoms with Crippen LogP contribution in [0.25, 0.3) is 0 Å². The Hall–Kier alpha value is -0.670. The molecule has 1 aromatic carbocycles. The number of hydrogen-bond acceptors (Lipinski definition) is 3. The van der Waals surface area contributed by atoms with Gasteiger partial charge in [-0.15, -0.1) is 0 Å². The Bertz CT molecular complexity index is 400. The van der Waals surface area contributed by atoms with Gasteiger partial charge in [-0.05, 0) is 30.5 Å². The van der Waals surface area contributed by atoms with Crippen LogP contribution >= 0.6 is 11.8 Å². The minimum Gasteiger partial charge on any atom is -0.371 e. The van der Waals surface area contributed by atoms with Gasteiger partial charge < -0.3 is 10.6 Å². The molecule has 1 aromatic rings. The number of nitrogens with two attached hydrogens (primary N) is 1. The fraction of sp³-hybridized carbons (Fsp3) is 0.625. The van der Waals surface area contributed by atoms with Gasteiger partial charge in [-0.3, -0.25) is 0 Å². The first-order valence-corrected chi connectivity index (χ1v) is 8.25. The van der Waals surface area contributed by atoms with Crippen molar-refractivity contribution in [2.24, 2.45) is 5.73 Å². The largest absolute Gasteiger partial charge is 0.371 e. The SMILES string of the molecule is CCC(N)c1ccc(N2CCSC(C)(C)CC2)cc1. The van der Waals surface area contributed by atoms with Gasteiger partial charge in [-0.2, -0.15) is 11.8 Å². The van der Waals surface area contributed by atoms with Gasteiger partial charge >= 0.3 is 0 Å². The number of anilines is 1. The minimum absolute atomic E-state index is 0.174. The zero-order chi connectivity index (χ0) is 13.9. The van der Waals surface area contributed by atoms with Crippen molar-refractivity contribution < 1.29 is 0 Å². The zero-order valence-electron chi connectivity index (χ0n) is 12.4. The van der Waals surface area contributed by atoms with Crippen LogP contribution in [-0.2, 0) is 0 Å². The van der Waals surface area contributed by atoms with Crippen LogP contribution in [0, 0.1) is 0 Å². The molecular formula is C16H26N2S. The van der Waals surface area contributed by atoms with E-state index in [1.54, 1.807) is 0 Å². The molecule has 2 nitrogen and oxygen atoms in total. The van der Waals surface area contributed by atoms with Crippen LogP contribution in [0.1, 0.15) is 45.2 Å². The first-order chi connectivity index (χ1) is 9.02. The molecule has 19 heavy (non-hydrogen) atoms. The molecule has 0 saturated carbocycles. The van der Waals surface area contributed by atoms with E-state index in [-0.39, 0.29) is 6.04 Å².